The lowest BCUT2D eigenvalue weighted by Gasteiger charge is -2.06. The highest BCUT2D eigenvalue weighted by Crippen LogP contribution is 2.14. The van der Waals surface area contributed by atoms with E-state index in [2.05, 4.69) is 0 Å². The first-order valence-corrected chi connectivity index (χ1v) is 6.69. The Morgan fingerprint density at radius 2 is 1.37 bits per heavy atom. The number of hydrogen-bond donors (Lipinski definition) is 0. The van der Waals surface area contributed by atoms with E-state index in [0.29, 0.717) is 19.8 Å². The molecule has 0 saturated carbocycles. The fourth-order valence-electron chi connectivity index (χ4n) is 1.72. The van der Waals surface area contributed by atoms with E-state index in [9.17, 15) is 0 Å². The van der Waals surface area contributed by atoms with E-state index >= 15 is 0 Å². The topological polar surface area (TPSA) is 18.5 Å². The Labute approximate surface area is 118 Å². The van der Waals surface area contributed by atoms with Gasteiger partial charge in [-0.1, -0.05) is 35.9 Å². The second-order valence-corrected chi connectivity index (χ2v) is 4.63. The molecule has 0 saturated heterocycles. The molecular formula is C16H17ClO2. The van der Waals surface area contributed by atoms with Gasteiger partial charge in [0.15, 0.2) is 0 Å². The summed E-state index contributed by atoms with van der Waals surface area (Å²) in [6.07, 6.45) is 0. The molecule has 3 heteroatoms. The number of benzene rings is 2. The summed E-state index contributed by atoms with van der Waals surface area (Å²) < 4.78 is 11.1. The average Bonchev–Trinajstić information content (AvgIpc) is 2.43. The summed E-state index contributed by atoms with van der Waals surface area (Å²) in [6.45, 7) is 3.84. The summed E-state index contributed by atoms with van der Waals surface area (Å²) in [7, 11) is 0. The lowest BCUT2D eigenvalue weighted by atomic mass is 10.2. The Balaban J connectivity index is 1.80. The second-order valence-electron chi connectivity index (χ2n) is 4.20. The molecule has 19 heavy (non-hydrogen) atoms. The van der Waals surface area contributed by atoms with Gasteiger partial charge in [0.05, 0.1) is 19.8 Å². The van der Waals surface area contributed by atoms with Gasteiger partial charge in [0.25, 0.3) is 0 Å². The first-order chi connectivity index (χ1) is 9.28. The van der Waals surface area contributed by atoms with Crippen molar-refractivity contribution in [2.24, 2.45) is 0 Å². The van der Waals surface area contributed by atoms with Gasteiger partial charge >= 0.3 is 0 Å². The molecule has 0 atom stereocenters. The Morgan fingerprint density at radius 3 is 1.89 bits per heavy atom. The Morgan fingerprint density at radius 1 is 0.842 bits per heavy atom. The monoisotopic (exact) mass is 276 g/mol. The minimum absolute atomic E-state index is 0.588. The highest BCUT2D eigenvalue weighted by Gasteiger charge is 1.97. The molecule has 0 radical (unpaired) electrons. The predicted octanol–water partition coefficient (Wildman–Crippen LogP) is 4.46. The SMILES string of the molecule is CCOc1ccc(COCc2ccc(Cl)cc2)cc1. The molecule has 2 aromatic carbocycles. The van der Waals surface area contributed by atoms with Gasteiger partial charge in [-0.15, -0.1) is 0 Å². The van der Waals surface area contributed by atoms with Gasteiger partial charge in [-0.05, 0) is 42.3 Å². The molecule has 2 aromatic rings. The Hall–Kier alpha value is -1.51. The van der Waals surface area contributed by atoms with Crippen LogP contribution in [0, 0.1) is 0 Å². The average molecular weight is 277 g/mol. The third-order valence-corrected chi connectivity index (χ3v) is 2.94. The summed E-state index contributed by atoms with van der Waals surface area (Å²) in [5, 5.41) is 0.746. The van der Waals surface area contributed by atoms with E-state index in [1.54, 1.807) is 0 Å². The summed E-state index contributed by atoms with van der Waals surface area (Å²) in [4.78, 5) is 0. The van der Waals surface area contributed by atoms with Crippen LogP contribution in [0.25, 0.3) is 0 Å². The van der Waals surface area contributed by atoms with Crippen LogP contribution in [0.2, 0.25) is 5.02 Å². The van der Waals surface area contributed by atoms with Gasteiger partial charge in [0.2, 0.25) is 0 Å². The van der Waals surface area contributed by atoms with Crippen molar-refractivity contribution in [2.45, 2.75) is 20.1 Å². The molecule has 0 amide bonds. The molecule has 0 spiro atoms. The van der Waals surface area contributed by atoms with Crippen molar-refractivity contribution < 1.29 is 9.47 Å². The zero-order valence-electron chi connectivity index (χ0n) is 10.9. The maximum absolute atomic E-state index is 5.83. The van der Waals surface area contributed by atoms with Gasteiger partial charge in [-0.2, -0.15) is 0 Å². The summed E-state index contributed by atoms with van der Waals surface area (Å²) in [5.41, 5.74) is 2.26. The fourth-order valence-corrected chi connectivity index (χ4v) is 1.84. The van der Waals surface area contributed by atoms with Crippen molar-refractivity contribution in [3.8, 4) is 5.75 Å². The molecule has 100 valence electrons. The summed E-state index contributed by atoms with van der Waals surface area (Å²) >= 11 is 5.83. The molecule has 0 bridgehead atoms. The number of hydrogen-bond acceptors (Lipinski definition) is 2. The molecule has 2 rings (SSSR count). The van der Waals surface area contributed by atoms with Crippen molar-refractivity contribution in [1.29, 1.82) is 0 Å². The van der Waals surface area contributed by atoms with E-state index in [0.717, 1.165) is 21.9 Å². The van der Waals surface area contributed by atoms with Crippen LogP contribution < -0.4 is 4.74 Å². The molecule has 0 aliphatic rings. The van der Waals surface area contributed by atoms with Gasteiger partial charge in [-0.25, -0.2) is 0 Å². The van der Waals surface area contributed by atoms with Crippen LogP contribution >= 0.6 is 11.6 Å². The van der Waals surface area contributed by atoms with Gasteiger partial charge in [0.1, 0.15) is 5.75 Å². The lowest BCUT2D eigenvalue weighted by molar-refractivity contribution is 0.107. The first kappa shape index (κ1) is 13.9. The van der Waals surface area contributed by atoms with Crippen molar-refractivity contribution in [3.05, 3.63) is 64.7 Å². The van der Waals surface area contributed by atoms with Crippen LogP contribution in [0.3, 0.4) is 0 Å². The van der Waals surface area contributed by atoms with Crippen LogP contribution in [0.4, 0.5) is 0 Å². The van der Waals surface area contributed by atoms with Crippen LogP contribution in [-0.4, -0.2) is 6.61 Å². The molecule has 0 unspecified atom stereocenters. The van der Waals surface area contributed by atoms with Crippen molar-refractivity contribution in [2.75, 3.05) is 6.61 Å². The molecule has 0 fully saturated rings. The maximum atomic E-state index is 5.83. The van der Waals surface area contributed by atoms with Crippen molar-refractivity contribution in [1.82, 2.24) is 0 Å². The molecule has 0 aliphatic carbocycles. The standard InChI is InChI=1S/C16H17ClO2/c1-2-19-16-9-5-14(6-10-16)12-18-11-13-3-7-15(17)8-4-13/h3-10H,2,11-12H2,1H3. The first-order valence-electron chi connectivity index (χ1n) is 6.32. The normalized spacial score (nSPS) is 10.4. The minimum Gasteiger partial charge on any atom is -0.494 e. The second kappa shape index (κ2) is 7.17. The highest BCUT2D eigenvalue weighted by molar-refractivity contribution is 6.30. The van der Waals surface area contributed by atoms with Crippen molar-refractivity contribution >= 4 is 11.6 Å². The number of halogens is 1. The van der Waals surface area contributed by atoms with Crippen LogP contribution in [0.15, 0.2) is 48.5 Å². The molecular weight excluding hydrogens is 260 g/mol. The molecule has 0 aliphatic heterocycles. The lowest BCUT2D eigenvalue weighted by Crippen LogP contribution is -1.95. The maximum Gasteiger partial charge on any atom is 0.119 e. The number of rotatable bonds is 6. The van der Waals surface area contributed by atoms with E-state index in [1.807, 2.05) is 55.5 Å². The third kappa shape index (κ3) is 4.58. The van der Waals surface area contributed by atoms with E-state index in [1.165, 1.54) is 0 Å². The van der Waals surface area contributed by atoms with Gasteiger partial charge in [-0.3, -0.25) is 0 Å². The summed E-state index contributed by atoms with van der Waals surface area (Å²) in [5.74, 6) is 0.893. The number of ether oxygens (including phenoxy) is 2. The summed E-state index contributed by atoms with van der Waals surface area (Å²) in [6, 6.07) is 15.7. The Bertz CT molecular complexity index is 491. The quantitative estimate of drug-likeness (QED) is 0.776. The highest BCUT2D eigenvalue weighted by atomic mass is 35.5. The largest absolute Gasteiger partial charge is 0.494 e. The molecule has 0 aromatic heterocycles. The predicted molar refractivity (Wildman–Crippen MR) is 77.6 cm³/mol. The van der Waals surface area contributed by atoms with Crippen molar-refractivity contribution in [3.63, 3.8) is 0 Å². The van der Waals surface area contributed by atoms with Gasteiger partial charge in [0, 0.05) is 5.02 Å². The third-order valence-electron chi connectivity index (χ3n) is 2.69. The van der Waals surface area contributed by atoms with E-state index < -0.39 is 0 Å². The molecule has 2 nitrogen and oxygen atoms in total. The van der Waals surface area contributed by atoms with Crippen LogP contribution in [-0.2, 0) is 18.0 Å². The zero-order chi connectivity index (χ0) is 13.5. The van der Waals surface area contributed by atoms with Crippen LogP contribution in [0.1, 0.15) is 18.1 Å². The van der Waals surface area contributed by atoms with Crippen LogP contribution in [0.5, 0.6) is 5.75 Å². The Kier molecular flexibility index (Phi) is 5.25. The smallest absolute Gasteiger partial charge is 0.119 e. The zero-order valence-corrected chi connectivity index (χ0v) is 11.7. The van der Waals surface area contributed by atoms with E-state index in [4.69, 9.17) is 21.1 Å². The molecule has 0 N–H and O–H groups in total. The molecule has 0 heterocycles. The fraction of sp³-hybridized carbons (Fsp3) is 0.250. The van der Waals surface area contributed by atoms with Gasteiger partial charge < -0.3 is 9.47 Å². The minimum atomic E-state index is 0.588. The van der Waals surface area contributed by atoms with E-state index in [-0.39, 0.29) is 0 Å².